The zero-order chi connectivity index (χ0) is 23.4. The van der Waals surface area contributed by atoms with E-state index in [1.807, 2.05) is 0 Å². The molecule has 8 nitrogen and oxygen atoms in total. The molecule has 0 amide bonds. The normalized spacial score (nSPS) is 10.6. The van der Waals surface area contributed by atoms with E-state index in [0.717, 1.165) is 12.1 Å². The van der Waals surface area contributed by atoms with Crippen molar-refractivity contribution in [3.63, 3.8) is 0 Å². The number of hydrogen-bond donors (Lipinski definition) is 4. The van der Waals surface area contributed by atoms with Crippen molar-refractivity contribution >= 4 is 11.6 Å². The van der Waals surface area contributed by atoms with Crippen LogP contribution in [0.4, 0.5) is 0 Å². The Morgan fingerprint density at radius 3 is 1.81 bits per heavy atom. The monoisotopic (exact) mass is 438 g/mol. The summed E-state index contributed by atoms with van der Waals surface area (Å²) < 4.78 is 10.7. The van der Waals surface area contributed by atoms with Crippen molar-refractivity contribution in [2.45, 2.75) is 12.8 Å². The van der Waals surface area contributed by atoms with Gasteiger partial charge >= 0.3 is 0 Å². The maximum Gasteiger partial charge on any atom is 0.237 e. The van der Waals surface area contributed by atoms with Crippen LogP contribution >= 0.6 is 0 Å². The molecule has 166 valence electrons. The number of methoxy groups -OCH3 is 2. The molecule has 0 atom stereocenters. The topological polar surface area (TPSA) is 134 Å². The Labute approximate surface area is 183 Å². The van der Waals surface area contributed by atoms with Gasteiger partial charge in [0.25, 0.3) is 0 Å². The van der Waals surface area contributed by atoms with E-state index in [-0.39, 0.29) is 34.1 Å². The van der Waals surface area contributed by atoms with E-state index in [2.05, 4.69) is 0 Å². The van der Waals surface area contributed by atoms with E-state index in [0.29, 0.717) is 29.7 Å². The van der Waals surface area contributed by atoms with Crippen molar-refractivity contribution in [2.75, 3.05) is 14.2 Å². The van der Waals surface area contributed by atoms with Gasteiger partial charge in [-0.3, -0.25) is 9.59 Å². The SMILES string of the molecule is COc1cc(OC)c(C(=O)C(=O)c2ccc(O)cc2O)cc1CCc1ccc(O)cc1O. The predicted molar refractivity (Wildman–Crippen MR) is 115 cm³/mol. The quantitative estimate of drug-likeness (QED) is 0.311. The van der Waals surface area contributed by atoms with Crippen LogP contribution in [0.15, 0.2) is 48.5 Å². The summed E-state index contributed by atoms with van der Waals surface area (Å²) >= 11 is 0. The minimum Gasteiger partial charge on any atom is -0.508 e. The number of phenols is 4. The molecule has 0 aromatic heterocycles. The highest BCUT2D eigenvalue weighted by Gasteiger charge is 2.26. The van der Waals surface area contributed by atoms with Crippen LogP contribution in [0.3, 0.4) is 0 Å². The second-order valence-corrected chi connectivity index (χ2v) is 7.04. The van der Waals surface area contributed by atoms with Crippen molar-refractivity contribution in [1.82, 2.24) is 0 Å². The highest BCUT2D eigenvalue weighted by atomic mass is 16.5. The van der Waals surface area contributed by atoms with E-state index < -0.39 is 17.3 Å². The molecule has 0 unspecified atom stereocenters. The summed E-state index contributed by atoms with van der Waals surface area (Å²) in [4.78, 5) is 25.7. The number of aryl methyl sites for hydroxylation is 2. The average molecular weight is 438 g/mol. The molecule has 0 saturated carbocycles. The highest BCUT2D eigenvalue weighted by molar-refractivity contribution is 6.50. The van der Waals surface area contributed by atoms with Crippen molar-refractivity contribution < 1.29 is 39.5 Å². The zero-order valence-corrected chi connectivity index (χ0v) is 17.5. The van der Waals surface area contributed by atoms with Gasteiger partial charge in [-0.15, -0.1) is 0 Å². The molecule has 3 rings (SSSR count). The Morgan fingerprint density at radius 1 is 0.656 bits per heavy atom. The molecule has 0 spiro atoms. The van der Waals surface area contributed by atoms with Gasteiger partial charge in [-0.1, -0.05) is 6.07 Å². The fourth-order valence-electron chi connectivity index (χ4n) is 3.33. The lowest BCUT2D eigenvalue weighted by molar-refractivity contribution is 0.0813. The molecule has 3 aromatic rings. The van der Waals surface area contributed by atoms with Crippen LogP contribution in [-0.2, 0) is 12.8 Å². The summed E-state index contributed by atoms with van der Waals surface area (Å²) in [5, 5.41) is 38.8. The molecule has 0 radical (unpaired) electrons. The lowest BCUT2D eigenvalue weighted by Crippen LogP contribution is -2.16. The van der Waals surface area contributed by atoms with Gasteiger partial charge in [-0.2, -0.15) is 0 Å². The summed E-state index contributed by atoms with van der Waals surface area (Å²) in [7, 11) is 2.81. The number of carbonyl (C=O) groups is 2. The maximum atomic E-state index is 13.0. The first-order valence-corrected chi connectivity index (χ1v) is 9.62. The summed E-state index contributed by atoms with van der Waals surface area (Å²) in [5.74, 6) is -2.20. The molecule has 0 aliphatic carbocycles. The summed E-state index contributed by atoms with van der Waals surface area (Å²) in [6.45, 7) is 0. The third kappa shape index (κ3) is 4.59. The summed E-state index contributed by atoms with van der Waals surface area (Å²) in [5.41, 5.74) is 0.905. The predicted octanol–water partition coefficient (Wildman–Crippen LogP) is 3.38. The third-order valence-corrected chi connectivity index (χ3v) is 5.01. The minimum atomic E-state index is -0.965. The summed E-state index contributed by atoms with van der Waals surface area (Å²) in [6, 6.07) is 10.6. The van der Waals surface area contributed by atoms with Gasteiger partial charge in [0.2, 0.25) is 11.6 Å². The maximum absolute atomic E-state index is 13.0. The molecule has 4 N–H and O–H groups in total. The minimum absolute atomic E-state index is 0.0179. The zero-order valence-electron chi connectivity index (χ0n) is 17.5. The van der Waals surface area contributed by atoms with Gasteiger partial charge < -0.3 is 29.9 Å². The molecule has 0 aliphatic rings. The lowest BCUT2D eigenvalue weighted by Gasteiger charge is -2.15. The number of ether oxygens (including phenoxy) is 2. The van der Waals surface area contributed by atoms with Gasteiger partial charge in [0.05, 0.1) is 25.3 Å². The van der Waals surface area contributed by atoms with Crippen molar-refractivity contribution in [2.24, 2.45) is 0 Å². The van der Waals surface area contributed by atoms with E-state index in [1.54, 1.807) is 6.07 Å². The second kappa shape index (κ2) is 9.30. The van der Waals surface area contributed by atoms with Crippen LogP contribution in [-0.4, -0.2) is 46.2 Å². The first-order valence-electron chi connectivity index (χ1n) is 9.62. The Kier molecular flexibility index (Phi) is 6.53. The molecular formula is C24H22O8. The lowest BCUT2D eigenvalue weighted by atomic mass is 9.95. The van der Waals surface area contributed by atoms with E-state index in [4.69, 9.17) is 9.47 Å². The first-order chi connectivity index (χ1) is 15.2. The Morgan fingerprint density at radius 2 is 1.22 bits per heavy atom. The van der Waals surface area contributed by atoms with E-state index in [1.165, 1.54) is 44.6 Å². The van der Waals surface area contributed by atoms with Gasteiger partial charge in [0, 0.05) is 18.2 Å². The second-order valence-electron chi connectivity index (χ2n) is 7.04. The highest BCUT2D eigenvalue weighted by Crippen LogP contribution is 2.33. The van der Waals surface area contributed by atoms with Crippen LogP contribution in [0.2, 0.25) is 0 Å². The van der Waals surface area contributed by atoms with Crippen LogP contribution in [0.1, 0.15) is 31.8 Å². The summed E-state index contributed by atoms with van der Waals surface area (Å²) in [6.07, 6.45) is 0.722. The van der Waals surface area contributed by atoms with Crippen LogP contribution < -0.4 is 9.47 Å². The number of aromatic hydroxyl groups is 4. The van der Waals surface area contributed by atoms with Crippen LogP contribution in [0.5, 0.6) is 34.5 Å². The molecular weight excluding hydrogens is 416 g/mol. The number of benzene rings is 3. The fourth-order valence-corrected chi connectivity index (χ4v) is 3.33. The number of Topliss-reactive ketones (excluding diaryl/α,β-unsaturated/α-hetero) is 2. The standard InChI is InChI=1S/C24H22O8/c1-31-21-12-22(32-2)18(24(30)23(29)17-8-7-16(26)11-20(17)28)9-14(21)4-3-13-5-6-15(25)10-19(13)27/h5-12,25-28H,3-4H2,1-2H3. The number of phenolic OH excluding ortho intramolecular Hbond substituents is 4. The van der Waals surface area contributed by atoms with Gasteiger partial charge in [-0.25, -0.2) is 0 Å². The molecule has 0 bridgehead atoms. The number of carbonyl (C=O) groups excluding carboxylic acids is 2. The molecule has 0 fully saturated rings. The molecule has 3 aromatic carbocycles. The van der Waals surface area contributed by atoms with Crippen molar-refractivity contribution in [3.8, 4) is 34.5 Å². The van der Waals surface area contributed by atoms with Gasteiger partial charge in [-0.05, 0) is 48.2 Å². The Balaban J connectivity index is 1.96. The smallest absolute Gasteiger partial charge is 0.237 e. The van der Waals surface area contributed by atoms with Crippen molar-refractivity contribution in [1.29, 1.82) is 0 Å². The van der Waals surface area contributed by atoms with Gasteiger partial charge in [0.15, 0.2) is 0 Å². The number of hydrogen-bond acceptors (Lipinski definition) is 8. The Bertz CT molecular complexity index is 1180. The third-order valence-electron chi connectivity index (χ3n) is 5.01. The number of rotatable bonds is 8. The van der Waals surface area contributed by atoms with Crippen LogP contribution in [0.25, 0.3) is 0 Å². The Hall–Kier alpha value is -4.20. The molecule has 8 heteroatoms. The molecule has 32 heavy (non-hydrogen) atoms. The molecule has 0 heterocycles. The van der Waals surface area contributed by atoms with Gasteiger partial charge in [0.1, 0.15) is 34.5 Å². The largest absolute Gasteiger partial charge is 0.508 e. The van der Waals surface area contributed by atoms with Crippen molar-refractivity contribution in [3.05, 3.63) is 70.8 Å². The fraction of sp³-hybridized carbons (Fsp3) is 0.167. The van der Waals surface area contributed by atoms with E-state index in [9.17, 15) is 30.0 Å². The first kappa shape index (κ1) is 22.5. The molecule has 0 saturated heterocycles. The molecule has 0 aliphatic heterocycles. The number of ketones is 2. The average Bonchev–Trinajstić information content (AvgIpc) is 2.77. The van der Waals surface area contributed by atoms with Crippen LogP contribution in [0, 0.1) is 0 Å². The van der Waals surface area contributed by atoms with E-state index >= 15 is 0 Å².